The number of fused-ring (bicyclic) bond motifs is 4. The molecule has 2 aromatic carbocycles. The van der Waals surface area contributed by atoms with Crippen LogP contribution in [0.5, 0.6) is 5.75 Å². The number of carbonyl (C=O) groups excluding carboxylic acids is 2. The molecular formula is C33H35NO5S. The van der Waals surface area contributed by atoms with Crippen molar-refractivity contribution in [3.8, 4) is 5.75 Å². The van der Waals surface area contributed by atoms with Gasteiger partial charge in [-0.15, -0.1) is 11.3 Å². The van der Waals surface area contributed by atoms with Crippen LogP contribution < -0.4 is 0 Å². The number of amides is 2. The highest BCUT2D eigenvalue weighted by Gasteiger charge is 2.56. The topological polar surface area (TPSA) is 76.1 Å². The number of thiophene rings is 1. The van der Waals surface area contributed by atoms with Gasteiger partial charge in [0.2, 0.25) is 11.8 Å². The van der Waals surface area contributed by atoms with Crippen LogP contribution in [-0.4, -0.2) is 48.2 Å². The van der Waals surface area contributed by atoms with Crippen LogP contribution in [-0.2, 0) is 25.6 Å². The van der Waals surface area contributed by atoms with Crippen molar-refractivity contribution in [3.63, 3.8) is 0 Å². The Balaban J connectivity index is 1.23. The quantitative estimate of drug-likeness (QED) is 0.245. The van der Waals surface area contributed by atoms with Crippen molar-refractivity contribution < 1.29 is 24.2 Å². The van der Waals surface area contributed by atoms with E-state index in [9.17, 15) is 14.7 Å². The van der Waals surface area contributed by atoms with Crippen LogP contribution in [0.1, 0.15) is 43.0 Å². The summed E-state index contributed by atoms with van der Waals surface area (Å²) in [5.74, 6) is -0.580. The largest absolute Gasteiger partial charge is 0.507 e. The lowest BCUT2D eigenvalue weighted by molar-refractivity contribution is -0.140. The predicted molar refractivity (Wildman–Crippen MR) is 157 cm³/mol. The Morgan fingerprint density at radius 1 is 1.10 bits per heavy atom. The highest BCUT2D eigenvalue weighted by atomic mass is 32.1. The van der Waals surface area contributed by atoms with Crippen LogP contribution in [0.3, 0.4) is 0 Å². The van der Waals surface area contributed by atoms with Crippen molar-refractivity contribution >= 4 is 40.0 Å². The Morgan fingerprint density at radius 2 is 1.93 bits per heavy atom. The number of hydrogen-bond donors (Lipinski definition) is 1. The molecule has 0 bridgehead atoms. The van der Waals surface area contributed by atoms with Crippen molar-refractivity contribution in [1.29, 1.82) is 0 Å². The van der Waals surface area contributed by atoms with Gasteiger partial charge >= 0.3 is 0 Å². The third-order valence-electron chi connectivity index (χ3n) is 8.79. The molecule has 2 saturated heterocycles. The number of allylic oxidation sites excluding steroid dienone is 1. The lowest BCUT2D eigenvalue weighted by atomic mass is 9.69. The number of phenolic OH excluding ortho intramolecular Hbond substituents is 1. The molecule has 0 spiro atoms. The second-order valence-corrected chi connectivity index (χ2v) is 12.0. The molecule has 0 unspecified atom stereocenters. The Labute approximate surface area is 238 Å². The number of phenols is 1. The van der Waals surface area contributed by atoms with Crippen LogP contribution in [0, 0.1) is 17.8 Å². The maximum absolute atomic E-state index is 13.6. The molecule has 1 aromatic heterocycles. The molecule has 208 valence electrons. The summed E-state index contributed by atoms with van der Waals surface area (Å²) in [6, 6.07) is 15.6. The van der Waals surface area contributed by atoms with E-state index >= 15 is 0 Å². The van der Waals surface area contributed by atoms with Gasteiger partial charge in [-0.05, 0) is 65.3 Å². The van der Waals surface area contributed by atoms with E-state index < -0.39 is 0 Å². The van der Waals surface area contributed by atoms with Crippen LogP contribution in [0.4, 0.5) is 0 Å². The van der Waals surface area contributed by atoms with E-state index in [2.05, 4.69) is 13.0 Å². The van der Waals surface area contributed by atoms with Gasteiger partial charge in [0.1, 0.15) is 5.75 Å². The van der Waals surface area contributed by atoms with E-state index in [4.69, 9.17) is 9.47 Å². The summed E-state index contributed by atoms with van der Waals surface area (Å²) in [4.78, 5) is 29.5. The van der Waals surface area contributed by atoms with Gasteiger partial charge in [-0.3, -0.25) is 14.5 Å². The number of aromatic hydroxyl groups is 1. The maximum Gasteiger partial charge on any atom is 0.234 e. The number of rotatable bonds is 9. The summed E-state index contributed by atoms with van der Waals surface area (Å²) in [6.07, 6.45) is 5.29. The first-order valence-electron chi connectivity index (χ1n) is 14.1. The standard InChI is InChI=1S/C33H35NO5S/c1-3-20(15-21-11-12-28(35)25-9-5-4-8-24(21)25)10-13-29-30-22(18-38-2)16-26-31(27(30)19-39-29)33(37)34(32(26)36)17-23-7-6-14-40-23/h4-9,11-12,14-15,26-27,29,31,35H,3,10,13,16-19H2,1-2H3/b20-15+/t26-,27+,29-,31-/m1/s1. The molecule has 6 nitrogen and oxygen atoms in total. The molecule has 1 aliphatic carbocycles. The number of nitrogens with zero attached hydrogens (tertiary/aromatic N) is 1. The molecule has 2 amide bonds. The lowest BCUT2D eigenvalue weighted by Crippen LogP contribution is -2.35. The van der Waals surface area contributed by atoms with Crippen molar-refractivity contribution in [2.75, 3.05) is 20.3 Å². The molecule has 0 radical (unpaired) electrons. The Hall–Kier alpha value is -3.26. The normalized spacial score (nSPS) is 24.8. The summed E-state index contributed by atoms with van der Waals surface area (Å²) < 4.78 is 12.0. The second-order valence-electron chi connectivity index (χ2n) is 11.0. The highest BCUT2D eigenvalue weighted by molar-refractivity contribution is 7.09. The number of benzene rings is 2. The number of hydrogen-bond acceptors (Lipinski definition) is 6. The fourth-order valence-corrected chi connectivity index (χ4v) is 7.57. The zero-order valence-corrected chi connectivity index (χ0v) is 23.8. The molecule has 3 aliphatic rings. The summed E-state index contributed by atoms with van der Waals surface area (Å²) in [5, 5.41) is 14.2. The summed E-state index contributed by atoms with van der Waals surface area (Å²) in [7, 11) is 1.68. The second kappa shape index (κ2) is 11.3. The minimum atomic E-state index is -0.349. The molecule has 4 atom stereocenters. The van der Waals surface area contributed by atoms with Crippen molar-refractivity contribution in [3.05, 3.63) is 81.1 Å². The van der Waals surface area contributed by atoms with E-state index in [0.717, 1.165) is 46.0 Å². The van der Waals surface area contributed by atoms with Crippen LogP contribution in [0.15, 0.2) is 70.6 Å². The SMILES string of the molecule is CC/C(=C\c1ccc(O)c2ccccc12)CC[C@H]1OC[C@H]2C1=C(COC)C[C@H]1C(=O)N(Cc3cccs3)C(=O)[C@H]12. The van der Waals surface area contributed by atoms with Gasteiger partial charge in [-0.25, -0.2) is 0 Å². The summed E-state index contributed by atoms with van der Waals surface area (Å²) in [5.41, 5.74) is 4.71. The van der Waals surface area contributed by atoms with Crippen LogP contribution in [0.25, 0.3) is 16.8 Å². The number of imide groups is 1. The number of likely N-dealkylation sites (tertiary alicyclic amines) is 1. The van der Waals surface area contributed by atoms with E-state index in [1.165, 1.54) is 16.0 Å². The molecule has 3 aromatic rings. The highest BCUT2D eigenvalue weighted by Crippen LogP contribution is 2.50. The molecule has 6 rings (SSSR count). The third-order valence-corrected chi connectivity index (χ3v) is 9.65. The van der Waals surface area contributed by atoms with Gasteiger partial charge < -0.3 is 14.6 Å². The molecule has 0 saturated carbocycles. The Morgan fingerprint density at radius 3 is 2.67 bits per heavy atom. The van der Waals surface area contributed by atoms with Gasteiger partial charge in [-0.1, -0.05) is 55.0 Å². The fourth-order valence-electron chi connectivity index (χ4n) is 6.88. The minimum absolute atomic E-state index is 0.0556. The maximum atomic E-state index is 13.6. The molecule has 1 N–H and O–H groups in total. The molecule has 2 fully saturated rings. The van der Waals surface area contributed by atoms with Crippen molar-refractivity contribution in [2.24, 2.45) is 17.8 Å². The van der Waals surface area contributed by atoms with Crippen LogP contribution in [0.2, 0.25) is 0 Å². The third kappa shape index (κ3) is 4.80. The Kier molecular flexibility index (Phi) is 7.62. The summed E-state index contributed by atoms with van der Waals surface area (Å²) >= 11 is 1.57. The molecule has 40 heavy (non-hydrogen) atoms. The number of carbonyl (C=O) groups is 2. The van der Waals surface area contributed by atoms with Crippen LogP contribution >= 0.6 is 11.3 Å². The summed E-state index contributed by atoms with van der Waals surface area (Å²) in [6.45, 7) is 3.44. The average molecular weight is 558 g/mol. The number of ether oxygens (including phenoxy) is 2. The van der Waals surface area contributed by atoms with E-state index in [-0.39, 0.29) is 35.7 Å². The lowest BCUT2D eigenvalue weighted by Gasteiger charge is -2.31. The molecule has 3 heterocycles. The van der Waals surface area contributed by atoms with Gasteiger partial charge in [-0.2, -0.15) is 0 Å². The minimum Gasteiger partial charge on any atom is -0.507 e. The monoisotopic (exact) mass is 557 g/mol. The first kappa shape index (κ1) is 26.9. The first-order valence-corrected chi connectivity index (χ1v) is 15.0. The molecular weight excluding hydrogens is 522 g/mol. The van der Waals surface area contributed by atoms with Gasteiger partial charge in [0.25, 0.3) is 0 Å². The van der Waals surface area contributed by atoms with Gasteiger partial charge in [0.15, 0.2) is 0 Å². The van der Waals surface area contributed by atoms with E-state index in [1.807, 2.05) is 47.8 Å². The van der Waals surface area contributed by atoms with E-state index in [1.54, 1.807) is 24.5 Å². The van der Waals surface area contributed by atoms with Gasteiger partial charge in [0.05, 0.1) is 37.7 Å². The average Bonchev–Trinajstić information content (AvgIpc) is 3.69. The fraction of sp³-hybridized carbons (Fsp3) is 0.394. The van der Waals surface area contributed by atoms with Crippen molar-refractivity contribution in [1.82, 2.24) is 4.90 Å². The first-order chi connectivity index (χ1) is 19.5. The smallest absolute Gasteiger partial charge is 0.234 e. The van der Waals surface area contributed by atoms with Gasteiger partial charge in [0, 0.05) is 23.3 Å². The zero-order valence-electron chi connectivity index (χ0n) is 23.0. The Bertz CT molecular complexity index is 1490. The van der Waals surface area contributed by atoms with Crippen molar-refractivity contribution in [2.45, 2.75) is 45.3 Å². The number of methoxy groups -OCH3 is 1. The molecule has 2 aliphatic heterocycles. The van der Waals surface area contributed by atoms with E-state index in [0.29, 0.717) is 31.9 Å². The molecule has 7 heteroatoms. The zero-order chi connectivity index (χ0) is 27.8. The predicted octanol–water partition coefficient (Wildman–Crippen LogP) is 6.34.